The molecule has 3 saturated heterocycles. The molecule has 0 saturated carbocycles. The van der Waals surface area contributed by atoms with Gasteiger partial charge < -0.3 is 39.2 Å². The summed E-state index contributed by atoms with van der Waals surface area (Å²) in [7, 11) is 0. The van der Waals surface area contributed by atoms with Crippen LogP contribution in [0.2, 0.25) is 0 Å². The summed E-state index contributed by atoms with van der Waals surface area (Å²) in [4.78, 5) is 48.0. The Morgan fingerprint density at radius 2 is 1.78 bits per heavy atom. The number of hydrogen-bond donors (Lipinski definition) is 3. The minimum atomic E-state index is -1.30. The summed E-state index contributed by atoms with van der Waals surface area (Å²) in [5.41, 5.74) is -1.22. The van der Waals surface area contributed by atoms with Gasteiger partial charge in [-0.2, -0.15) is 0 Å². The van der Waals surface area contributed by atoms with E-state index < -0.39 is 35.4 Å². The van der Waals surface area contributed by atoms with Gasteiger partial charge in [0, 0.05) is 25.5 Å². The van der Waals surface area contributed by atoms with Crippen LogP contribution in [0.3, 0.4) is 0 Å². The van der Waals surface area contributed by atoms with Gasteiger partial charge in [-0.3, -0.25) is 24.1 Å². The topological polar surface area (TPSA) is 170 Å². The van der Waals surface area contributed by atoms with Crippen molar-refractivity contribution < 1.29 is 53.1 Å². The van der Waals surface area contributed by atoms with Crippen LogP contribution in [0.25, 0.3) is 0 Å². The fraction of sp³-hybridized carbons (Fsp3) is 0.826. The lowest BCUT2D eigenvalue weighted by Crippen LogP contribution is -2.66. The fourth-order valence-corrected chi connectivity index (χ4v) is 5.50. The zero-order valence-electron chi connectivity index (χ0n) is 21.1. The lowest BCUT2D eigenvalue weighted by molar-refractivity contribution is -0.238. The molecule has 0 aromatic carbocycles. The van der Waals surface area contributed by atoms with Crippen LogP contribution in [0.5, 0.6) is 0 Å². The van der Waals surface area contributed by atoms with Crippen LogP contribution in [0.4, 0.5) is 0 Å². The summed E-state index contributed by atoms with van der Waals surface area (Å²) < 4.78 is 27.7. The minimum Gasteiger partial charge on any atom is -0.388 e. The van der Waals surface area contributed by atoms with Gasteiger partial charge in [-0.05, 0) is 6.92 Å². The van der Waals surface area contributed by atoms with Gasteiger partial charge in [-0.1, -0.05) is 0 Å². The number of nitrogens with zero attached hydrogens (tertiary/aromatic N) is 1. The molecule has 3 heterocycles. The van der Waals surface area contributed by atoms with Crippen LogP contribution in [0.1, 0.15) is 26.7 Å². The van der Waals surface area contributed by atoms with Crippen molar-refractivity contribution in [3.63, 3.8) is 0 Å². The van der Waals surface area contributed by atoms with Crippen LogP contribution < -0.4 is 5.32 Å². The smallest absolute Gasteiger partial charge is 0.242 e. The first-order chi connectivity index (χ1) is 17.6. The number of likely N-dealkylation sites (tertiary alicyclic amines) is 1. The molecular weight excluding hydrogens is 512 g/mol. The fourth-order valence-electron chi connectivity index (χ4n) is 4.28. The van der Waals surface area contributed by atoms with E-state index in [4.69, 9.17) is 23.7 Å². The second-order valence-corrected chi connectivity index (χ2v) is 10.5. The van der Waals surface area contributed by atoms with Crippen molar-refractivity contribution in [2.45, 2.75) is 62.1 Å². The van der Waals surface area contributed by atoms with E-state index in [9.17, 15) is 29.4 Å². The summed E-state index contributed by atoms with van der Waals surface area (Å²) in [5.74, 6) is -0.262. The number of Topliss-reactive ketones (excluding diaryl/α,β-unsaturated/α-hetero) is 1. The van der Waals surface area contributed by atoms with Crippen molar-refractivity contribution in [3.05, 3.63) is 0 Å². The van der Waals surface area contributed by atoms with E-state index in [2.05, 4.69) is 5.32 Å². The van der Waals surface area contributed by atoms with E-state index >= 15 is 0 Å². The van der Waals surface area contributed by atoms with E-state index in [0.717, 1.165) is 0 Å². The zero-order chi connectivity index (χ0) is 27.0. The molecule has 3 aliphatic heterocycles. The number of ether oxygens (including phenoxy) is 5. The van der Waals surface area contributed by atoms with Crippen molar-refractivity contribution in [1.29, 1.82) is 0 Å². The average Bonchev–Trinajstić information content (AvgIpc) is 3.36. The Bertz CT molecular complexity index is 831. The Balaban J connectivity index is 1.23. The minimum absolute atomic E-state index is 0.0144. The number of nitrogens with one attached hydrogen (secondary N) is 1. The molecule has 0 radical (unpaired) electrons. The molecule has 2 bridgehead atoms. The lowest BCUT2D eigenvalue weighted by Gasteiger charge is -2.42. The first-order valence-corrected chi connectivity index (χ1v) is 13.3. The number of aliphatic hydroxyl groups excluding tert-OH is 2. The first-order valence-electron chi connectivity index (χ1n) is 12.3. The van der Waals surface area contributed by atoms with Crippen molar-refractivity contribution >= 4 is 35.3 Å². The van der Waals surface area contributed by atoms with Gasteiger partial charge in [0.15, 0.2) is 6.29 Å². The SMILES string of the molecule is CC(=O)CCSC1CC(=O)N(CCOCCOCCOC[C@@]23CO[C@@H](O2)[C@@H](NC(C)=O)[C@@H](O)[C@H]3O)C1=O. The highest BCUT2D eigenvalue weighted by Gasteiger charge is 2.59. The molecule has 14 heteroatoms. The number of rotatable bonds is 16. The number of hydrogen-bond acceptors (Lipinski definition) is 12. The normalized spacial score (nSPS) is 31.2. The Labute approximate surface area is 219 Å². The van der Waals surface area contributed by atoms with Crippen LogP contribution >= 0.6 is 11.8 Å². The second kappa shape index (κ2) is 13.9. The number of thioether (sulfide) groups is 1. The molecule has 1 unspecified atom stereocenters. The van der Waals surface area contributed by atoms with Gasteiger partial charge in [0.05, 0.1) is 58.0 Å². The number of amides is 3. The Morgan fingerprint density at radius 1 is 1.11 bits per heavy atom. The predicted octanol–water partition coefficient (Wildman–Crippen LogP) is -1.77. The molecule has 3 aliphatic rings. The van der Waals surface area contributed by atoms with E-state index in [0.29, 0.717) is 12.2 Å². The molecule has 13 nitrogen and oxygen atoms in total. The maximum Gasteiger partial charge on any atom is 0.242 e. The number of carbonyl (C=O) groups excluding carboxylic acids is 4. The summed E-state index contributed by atoms with van der Waals surface area (Å²) in [6.45, 7) is 4.15. The van der Waals surface area contributed by atoms with E-state index in [-0.39, 0.29) is 82.7 Å². The third-order valence-corrected chi connectivity index (χ3v) is 7.47. The number of aliphatic hydroxyl groups is 2. The molecule has 3 fully saturated rings. The second-order valence-electron chi connectivity index (χ2n) is 9.20. The molecular formula is C23H36N2O11S. The molecule has 3 rings (SSSR count). The van der Waals surface area contributed by atoms with Crippen molar-refractivity contribution in [2.75, 3.05) is 58.5 Å². The maximum absolute atomic E-state index is 12.4. The third kappa shape index (κ3) is 7.93. The summed E-state index contributed by atoms with van der Waals surface area (Å²) in [5, 5.41) is 23.0. The van der Waals surface area contributed by atoms with Crippen molar-refractivity contribution in [2.24, 2.45) is 0 Å². The number of fused-ring (bicyclic) bond motifs is 2. The number of carbonyl (C=O) groups is 4. The van der Waals surface area contributed by atoms with E-state index in [1.54, 1.807) is 0 Å². The maximum atomic E-state index is 12.4. The molecule has 3 amide bonds. The van der Waals surface area contributed by atoms with Crippen LogP contribution in [-0.2, 0) is 42.9 Å². The molecule has 3 N–H and O–H groups in total. The van der Waals surface area contributed by atoms with Gasteiger partial charge in [-0.15, -0.1) is 11.8 Å². The molecule has 0 spiro atoms. The largest absolute Gasteiger partial charge is 0.388 e. The number of ketones is 1. The van der Waals surface area contributed by atoms with Gasteiger partial charge >= 0.3 is 0 Å². The average molecular weight is 549 g/mol. The number of imide groups is 1. The summed E-state index contributed by atoms with van der Waals surface area (Å²) in [6.07, 6.45) is -2.91. The van der Waals surface area contributed by atoms with E-state index in [1.165, 1.54) is 30.5 Å². The van der Waals surface area contributed by atoms with Crippen LogP contribution in [0, 0.1) is 0 Å². The molecule has 210 valence electrons. The van der Waals surface area contributed by atoms with Crippen LogP contribution in [-0.4, -0.2) is 133 Å². The highest BCUT2D eigenvalue weighted by Crippen LogP contribution is 2.37. The lowest BCUT2D eigenvalue weighted by atomic mass is 9.88. The monoisotopic (exact) mass is 548 g/mol. The van der Waals surface area contributed by atoms with Gasteiger partial charge in [-0.25, -0.2) is 0 Å². The quantitative estimate of drug-likeness (QED) is 0.147. The Hall–Kier alpha value is -1.65. The molecule has 0 aliphatic carbocycles. The van der Waals surface area contributed by atoms with Gasteiger partial charge in [0.25, 0.3) is 0 Å². The van der Waals surface area contributed by atoms with Crippen LogP contribution in [0.15, 0.2) is 0 Å². The molecule has 6 atom stereocenters. The standard InChI is InChI=1S/C23H36N2O11S/c1-14(26)3-10-37-16-11-17(28)25(21(16)31)4-5-32-6-7-33-8-9-34-12-23-13-35-22(36-23)18(24-15(2)27)19(29)20(23)30/h16,18-20,22,29-30H,3-13H2,1-2H3,(H,24,27)/t16?,18-,19+,20+,22-,23-/m0/s1. The van der Waals surface area contributed by atoms with Gasteiger partial charge in [0.1, 0.15) is 29.6 Å². The Morgan fingerprint density at radius 3 is 2.46 bits per heavy atom. The van der Waals surface area contributed by atoms with Crippen molar-refractivity contribution in [3.8, 4) is 0 Å². The van der Waals surface area contributed by atoms with E-state index in [1.807, 2.05) is 0 Å². The zero-order valence-corrected chi connectivity index (χ0v) is 21.9. The molecule has 37 heavy (non-hydrogen) atoms. The summed E-state index contributed by atoms with van der Waals surface area (Å²) in [6, 6.07) is -0.869. The van der Waals surface area contributed by atoms with Gasteiger partial charge in [0.2, 0.25) is 17.7 Å². The molecule has 0 aromatic heterocycles. The third-order valence-electron chi connectivity index (χ3n) is 6.26. The summed E-state index contributed by atoms with van der Waals surface area (Å²) >= 11 is 1.34. The predicted molar refractivity (Wildman–Crippen MR) is 129 cm³/mol. The molecule has 0 aromatic rings. The van der Waals surface area contributed by atoms with Crippen molar-refractivity contribution in [1.82, 2.24) is 10.2 Å². The first kappa shape index (κ1) is 29.9. The highest BCUT2D eigenvalue weighted by atomic mass is 32.2. The Kier molecular flexibility index (Phi) is 11.3. The highest BCUT2D eigenvalue weighted by molar-refractivity contribution is 8.00.